The Kier molecular flexibility index (Phi) is 7.94. The van der Waals surface area contributed by atoms with Crippen LogP contribution in [0.5, 0.6) is 17.2 Å². The highest BCUT2D eigenvalue weighted by atomic mass is 16.5. The van der Waals surface area contributed by atoms with Crippen LogP contribution < -0.4 is 14.2 Å². The second-order valence-electron chi connectivity index (χ2n) is 7.60. The molecule has 0 saturated carbocycles. The minimum atomic E-state index is -0.804. The summed E-state index contributed by atoms with van der Waals surface area (Å²) in [7, 11) is 4.56. The van der Waals surface area contributed by atoms with E-state index in [4.69, 9.17) is 14.2 Å². The lowest BCUT2D eigenvalue weighted by Crippen LogP contribution is -2.49. The van der Waals surface area contributed by atoms with Crippen LogP contribution in [0, 0.1) is 0 Å². The van der Waals surface area contributed by atoms with Crippen LogP contribution in [0.25, 0.3) is 0 Å². The fourth-order valence-electron chi connectivity index (χ4n) is 4.12. The van der Waals surface area contributed by atoms with Crippen LogP contribution in [-0.2, 0) is 4.79 Å². The largest absolute Gasteiger partial charge is 0.493 e. The summed E-state index contributed by atoms with van der Waals surface area (Å²) in [5, 5.41) is 9.17. The number of benzene rings is 2. The minimum Gasteiger partial charge on any atom is -0.493 e. The molecule has 1 fully saturated rings. The molecule has 172 valence electrons. The van der Waals surface area contributed by atoms with E-state index in [1.165, 1.54) is 21.3 Å². The first-order chi connectivity index (χ1) is 15.5. The third kappa shape index (κ3) is 5.31. The van der Waals surface area contributed by atoms with Crippen molar-refractivity contribution < 1.29 is 28.9 Å². The Labute approximate surface area is 188 Å². The number of amides is 1. The highest BCUT2D eigenvalue weighted by Gasteiger charge is 2.29. The molecule has 8 heteroatoms. The highest BCUT2D eigenvalue weighted by molar-refractivity contribution is 5.95. The number of hydrogen-bond donors (Lipinski definition) is 1. The molecule has 1 aliphatic heterocycles. The number of hydrogen-bond acceptors (Lipinski definition) is 6. The molecule has 2 aromatic carbocycles. The molecule has 1 atom stereocenters. The summed E-state index contributed by atoms with van der Waals surface area (Å²) >= 11 is 0. The number of carboxylic acids is 1. The zero-order valence-electron chi connectivity index (χ0n) is 18.7. The van der Waals surface area contributed by atoms with Crippen LogP contribution in [0.2, 0.25) is 0 Å². The topological polar surface area (TPSA) is 88.5 Å². The van der Waals surface area contributed by atoms with Crippen molar-refractivity contribution in [1.82, 2.24) is 9.80 Å². The summed E-state index contributed by atoms with van der Waals surface area (Å²) in [5.41, 5.74) is 1.57. The molecule has 2 aromatic rings. The molecule has 1 N–H and O–H groups in total. The van der Waals surface area contributed by atoms with Crippen molar-refractivity contribution >= 4 is 11.9 Å². The molecule has 32 heavy (non-hydrogen) atoms. The van der Waals surface area contributed by atoms with E-state index in [0.29, 0.717) is 55.4 Å². The normalized spacial score (nSPS) is 15.2. The van der Waals surface area contributed by atoms with Crippen molar-refractivity contribution in [2.45, 2.75) is 18.9 Å². The van der Waals surface area contributed by atoms with Gasteiger partial charge in [0, 0.05) is 44.2 Å². The van der Waals surface area contributed by atoms with Gasteiger partial charge in [0.25, 0.3) is 5.91 Å². The van der Waals surface area contributed by atoms with Gasteiger partial charge in [-0.2, -0.15) is 0 Å². The van der Waals surface area contributed by atoms with Gasteiger partial charge < -0.3 is 24.2 Å². The summed E-state index contributed by atoms with van der Waals surface area (Å²) < 4.78 is 16.1. The predicted octanol–water partition coefficient (Wildman–Crippen LogP) is 3.08. The zero-order chi connectivity index (χ0) is 23.1. The molecule has 0 aromatic heterocycles. The third-order valence-corrected chi connectivity index (χ3v) is 5.77. The Bertz CT molecular complexity index is 900. The summed E-state index contributed by atoms with van der Waals surface area (Å²) in [5.74, 6) is 0.409. The molecule has 3 rings (SSSR count). The molecule has 1 saturated heterocycles. The maximum Gasteiger partial charge on any atom is 0.303 e. The highest BCUT2D eigenvalue weighted by Crippen LogP contribution is 2.38. The second kappa shape index (κ2) is 10.9. The SMILES string of the molecule is COc1cc(C(=O)N2CCN([C@@H](CCC(=O)O)c3ccccc3)CC2)cc(OC)c1OC. The molecule has 1 aliphatic rings. The number of ether oxygens (including phenoxy) is 3. The van der Waals surface area contributed by atoms with E-state index in [2.05, 4.69) is 4.90 Å². The Morgan fingerprint density at radius 3 is 2.03 bits per heavy atom. The standard InChI is InChI=1S/C24H30N2O6/c1-30-20-15-18(16-21(31-2)23(20)32-3)24(29)26-13-11-25(12-14-26)19(9-10-22(27)28)17-7-5-4-6-8-17/h4-8,15-16,19H,9-14H2,1-3H3,(H,27,28)/t19-/m0/s1. The average molecular weight is 443 g/mol. The quantitative estimate of drug-likeness (QED) is 0.638. The van der Waals surface area contributed by atoms with Crippen LogP contribution in [0.4, 0.5) is 0 Å². The van der Waals surface area contributed by atoms with Gasteiger partial charge in [-0.25, -0.2) is 0 Å². The Hall–Kier alpha value is -3.26. The second-order valence-corrected chi connectivity index (χ2v) is 7.60. The third-order valence-electron chi connectivity index (χ3n) is 5.77. The van der Waals surface area contributed by atoms with Gasteiger partial charge in [0.1, 0.15) is 0 Å². The lowest BCUT2D eigenvalue weighted by Gasteiger charge is -2.39. The van der Waals surface area contributed by atoms with Crippen molar-refractivity contribution in [2.75, 3.05) is 47.5 Å². The molecule has 1 heterocycles. The lowest BCUT2D eigenvalue weighted by atomic mass is 9.99. The van der Waals surface area contributed by atoms with Crippen LogP contribution in [0.1, 0.15) is 34.8 Å². The molecular formula is C24H30N2O6. The van der Waals surface area contributed by atoms with Crippen molar-refractivity contribution in [3.05, 3.63) is 53.6 Å². The van der Waals surface area contributed by atoms with Crippen molar-refractivity contribution in [3.63, 3.8) is 0 Å². The number of carbonyl (C=O) groups is 2. The number of carboxylic acid groups (broad SMARTS) is 1. The average Bonchev–Trinajstić information content (AvgIpc) is 2.83. The van der Waals surface area contributed by atoms with Gasteiger partial charge in [0.15, 0.2) is 11.5 Å². The Balaban J connectivity index is 1.73. The van der Waals surface area contributed by atoms with Gasteiger partial charge in [0.2, 0.25) is 5.75 Å². The van der Waals surface area contributed by atoms with Crippen molar-refractivity contribution in [2.24, 2.45) is 0 Å². The predicted molar refractivity (Wildman–Crippen MR) is 120 cm³/mol. The number of methoxy groups -OCH3 is 3. The van der Waals surface area contributed by atoms with E-state index >= 15 is 0 Å². The first kappa shape index (κ1) is 23.4. The van der Waals surface area contributed by atoms with E-state index in [1.807, 2.05) is 30.3 Å². The van der Waals surface area contributed by atoms with Gasteiger partial charge in [-0.05, 0) is 24.1 Å². The van der Waals surface area contributed by atoms with E-state index in [9.17, 15) is 14.7 Å². The molecule has 1 amide bonds. The van der Waals surface area contributed by atoms with Crippen LogP contribution in [-0.4, -0.2) is 74.3 Å². The molecular weight excluding hydrogens is 412 g/mol. The van der Waals surface area contributed by atoms with Gasteiger partial charge in [-0.1, -0.05) is 30.3 Å². The maximum absolute atomic E-state index is 13.2. The van der Waals surface area contributed by atoms with Crippen LogP contribution >= 0.6 is 0 Å². The van der Waals surface area contributed by atoms with E-state index < -0.39 is 5.97 Å². The summed E-state index contributed by atoms with van der Waals surface area (Å²) in [4.78, 5) is 28.4. The number of carbonyl (C=O) groups excluding carboxylic acids is 1. The van der Waals surface area contributed by atoms with E-state index in [1.54, 1.807) is 17.0 Å². The molecule has 0 bridgehead atoms. The minimum absolute atomic E-state index is 0.00530. The lowest BCUT2D eigenvalue weighted by molar-refractivity contribution is -0.137. The fraction of sp³-hybridized carbons (Fsp3) is 0.417. The number of nitrogens with zero attached hydrogens (tertiary/aromatic N) is 2. The zero-order valence-corrected chi connectivity index (χ0v) is 18.7. The number of rotatable bonds is 9. The van der Waals surface area contributed by atoms with Gasteiger partial charge >= 0.3 is 5.97 Å². The summed E-state index contributed by atoms with van der Waals surface area (Å²) in [6.07, 6.45) is 0.629. The molecule has 0 aliphatic carbocycles. The Morgan fingerprint density at radius 1 is 0.938 bits per heavy atom. The summed E-state index contributed by atoms with van der Waals surface area (Å²) in [6, 6.07) is 13.3. The van der Waals surface area contributed by atoms with Crippen LogP contribution in [0.15, 0.2) is 42.5 Å². The van der Waals surface area contributed by atoms with E-state index in [-0.39, 0.29) is 18.4 Å². The fourth-order valence-corrected chi connectivity index (χ4v) is 4.12. The number of piperazine rings is 1. The van der Waals surface area contributed by atoms with Crippen LogP contribution in [0.3, 0.4) is 0 Å². The molecule has 8 nitrogen and oxygen atoms in total. The molecule has 0 spiro atoms. The molecule has 0 unspecified atom stereocenters. The Morgan fingerprint density at radius 2 is 1.53 bits per heavy atom. The van der Waals surface area contributed by atoms with Gasteiger partial charge in [-0.3, -0.25) is 14.5 Å². The van der Waals surface area contributed by atoms with Crippen molar-refractivity contribution in [1.29, 1.82) is 0 Å². The van der Waals surface area contributed by atoms with E-state index in [0.717, 1.165) is 5.56 Å². The first-order valence-electron chi connectivity index (χ1n) is 10.6. The molecule has 0 radical (unpaired) electrons. The smallest absolute Gasteiger partial charge is 0.303 e. The first-order valence-corrected chi connectivity index (χ1v) is 10.6. The summed E-state index contributed by atoms with van der Waals surface area (Å²) in [6.45, 7) is 2.42. The number of aliphatic carboxylic acids is 1. The maximum atomic E-state index is 13.2. The van der Waals surface area contributed by atoms with Gasteiger partial charge in [-0.15, -0.1) is 0 Å². The monoisotopic (exact) mass is 442 g/mol. The van der Waals surface area contributed by atoms with Crippen molar-refractivity contribution in [3.8, 4) is 17.2 Å². The van der Waals surface area contributed by atoms with Gasteiger partial charge in [0.05, 0.1) is 21.3 Å².